The molecule has 0 fully saturated rings. The predicted molar refractivity (Wildman–Crippen MR) is 211 cm³/mol. The van der Waals surface area contributed by atoms with Crippen LogP contribution in [0.2, 0.25) is 0 Å². The van der Waals surface area contributed by atoms with Gasteiger partial charge >= 0.3 is 17.9 Å². The molecular formula is C39H50N8O13. The van der Waals surface area contributed by atoms with E-state index in [4.69, 9.17) is 5.73 Å². The van der Waals surface area contributed by atoms with Crippen LogP contribution in [0.5, 0.6) is 0 Å². The highest BCUT2D eigenvalue weighted by molar-refractivity contribution is 5.98. The maximum absolute atomic E-state index is 13.6. The van der Waals surface area contributed by atoms with E-state index < -0.39 is 121 Å². The van der Waals surface area contributed by atoms with E-state index in [1.54, 1.807) is 36.5 Å². The lowest BCUT2D eigenvalue weighted by Crippen LogP contribution is -2.59. The molecule has 0 aliphatic heterocycles. The summed E-state index contributed by atoms with van der Waals surface area (Å²) in [5.74, 6) is -11.5. The van der Waals surface area contributed by atoms with Crippen molar-refractivity contribution >= 4 is 64.3 Å². The summed E-state index contributed by atoms with van der Waals surface area (Å²) >= 11 is 0. The first-order valence-electron chi connectivity index (χ1n) is 18.7. The second kappa shape index (κ2) is 22.3. The first-order valence-corrected chi connectivity index (χ1v) is 18.7. The van der Waals surface area contributed by atoms with Crippen molar-refractivity contribution in [1.82, 2.24) is 36.9 Å². The van der Waals surface area contributed by atoms with E-state index >= 15 is 0 Å². The van der Waals surface area contributed by atoms with Gasteiger partial charge in [-0.1, -0.05) is 62.4 Å². The highest BCUT2D eigenvalue weighted by atomic mass is 16.4. The van der Waals surface area contributed by atoms with Gasteiger partial charge in [-0.15, -0.1) is 0 Å². The van der Waals surface area contributed by atoms with Gasteiger partial charge < -0.3 is 63.0 Å². The van der Waals surface area contributed by atoms with Crippen LogP contribution in [-0.2, 0) is 56.0 Å². The van der Waals surface area contributed by atoms with Gasteiger partial charge in [0.2, 0.25) is 35.4 Å². The van der Waals surface area contributed by atoms with Gasteiger partial charge in [0.05, 0.1) is 31.5 Å². The number of carboxylic acids is 3. The average Bonchev–Trinajstić information content (AvgIpc) is 3.58. The number of nitrogens with two attached hydrogens (primary N) is 1. The van der Waals surface area contributed by atoms with Crippen molar-refractivity contribution in [3.8, 4) is 0 Å². The van der Waals surface area contributed by atoms with Crippen LogP contribution >= 0.6 is 0 Å². The number of aromatic amines is 1. The lowest BCUT2D eigenvalue weighted by molar-refractivity contribution is -0.144. The van der Waals surface area contributed by atoms with Gasteiger partial charge in [0.15, 0.2) is 0 Å². The van der Waals surface area contributed by atoms with E-state index in [1.807, 2.05) is 24.3 Å². The average molecular weight is 839 g/mol. The Labute approximate surface area is 343 Å². The van der Waals surface area contributed by atoms with Crippen molar-refractivity contribution in [1.29, 1.82) is 0 Å². The van der Waals surface area contributed by atoms with Gasteiger partial charge in [-0.25, -0.2) is 4.79 Å². The third-order valence-corrected chi connectivity index (χ3v) is 9.13. The van der Waals surface area contributed by atoms with E-state index in [0.29, 0.717) is 5.56 Å². The highest BCUT2D eigenvalue weighted by Gasteiger charge is 2.34. The fraction of sp³-hybridized carbons (Fsp3) is 0.410. The summed E-state index contributed by atoms with van der Waals surface area (Å²) in [4.78, 5) is 117. The number of aliphatic carboxylic acids is 3. The number of rotatable bonds is 23. The molecule has 0 aliphatic carbocycles. The van der Waals surface area contributed by atoms with Crippen LogP contribution < -0.4 is 37.6 Å². The van der Waals surface area contributed by atoms with E-state index in [1.165, 1.54) is 20.8 Å². The number of carbonyl (C=O) groups excluding carboxylic acids is 6. The monoisotopic (exact) mass is 838 g/mol. The number of hydrogen-bond donors (Lipinski definition) is 12. The van der Waals surface area contributed by atoms with Gasteiger partial charge in [0.25, 0.3) is 0 Å². The Morgan fingerprint density at radius 3 is 1.75 bits per heavy atom. The summed E-state index contributed by atoms with van der Waals surface area (Å²) in [6, 6.07) is 5.93. The first-order chi connectivity index (χ1) is 28.3. The van der Waals surface area contributed by atoms with Crippen LogP contribution in [0.25, 0.3) is 10.9 Å². The number of para-hydroxylation sites is 1. The molecule has 0 aliphatic rings. The number of benzene rings is 2. The van der Waals surface area contributed by atoms with Crippen molar-refractivity contribution < 1.29 is 63.6 Å². The smallest absolute Gasteiger partial charge is 0.326 e. The van der Waals surface area contributed by atoms with Crippen molar-refractivity contribution in [3.63, 3.8) is 0 Å². The molecule has 1 aromatic heterocycles. The number of carbonyl (C=O) groups is 9. The van der Waals surface area contributed by atoms with E-state index in [0.717, 1.165) is 16.5 Å². The molecule has 21 heteroatoms. The van der Waals surface area contributed by atoms with E-state index in [2.05, 4.69) is 36.9 Å². The first kappa shape index (κ1) is 47.5. The Balaban J connectivity index is 1.71. The molecular weight excluding hydrogens is 788 g/mol. The second-order valence-corrected chi connectivity index (χ2v) is 14.3. The number of aromatic nitrogens is 1. The number of amides is 6. The number of H-pyrrole nitrogens is 1. The molecule has 0 saturated carbocycles. The summed E-state index contributed by atoms with van der Waals surface area (Å²) < 4.78 is 0. The molecule has 2 aromatic carbocycles. The third kappa shape index (κ3) is 14.5. The number of fused-ring (bicyclic) bond motifs is 1. The highest BCUT2D eigenvalue weighted by Crippen LogP contribution is 2.19. The maximum Gasteiger partial charge on any atom is 0.326 e. The van der Waals surface area contributed by atoms with Crippen LogP contribution in [0.1, 0.15) is 44.7 Å². The summed E-state index contributed by atoms with van der Waals surface area (Å²) in [6.45, 7) is 3.33. The summed E-state index contributed by atoms with van der Waals surface area (Å²) in [6.07, 6.45) is -1.96. The van der Waals surface area contributed by atoms with Crippen LogP contribution in [0.15, 0.2) is 60.8 Å². The Morgan fingerprint density at radius 2 is 1.17 bits per heavy atom. The van der Waals surface area contributed by atoms with Crippen molar-refractivity contribution in [3.05, 3.63) is 71.9 Å². The molecule has 13 N–H and O–H groups in total. The molecule has 60 heavy (non-hydrogen) atoms. The van der Waals surface area contributed by atoms with Crippen LogP contribution in [0.4, 0.5) is 0 Å². The van der Waals surface area contributed by atoms with Crippen LogP contribution in [0, 0.1) is 5.92 Å². The lowest BCUT2D eigenvalue weighted by atomic mass is 10.0. The van der Waals surface area contributed by atoms with Crippen LogP contribution in [0.3, 0.4) is 0 Å². The zero-order valence-corrected chi connectivity index (χ0v) is 33.0. The fourth-order valence-corrected chi connectivity index (χ4v) is 5.96. The maximum atomic E-state index is 13.6. The minimum Gasteiger partial charge on any atom is -0.481 e. The molecule has 1 heterocycles. The van der Waals surface area contributed by atoms with Crippen molar-refractivity contribution in [2.45, 2.75) is 88.8 Å². The van der Waals surface area contributed by atoms with Gasteiger partial charge in [0.1, 0.15) is 30.2 Å². The standard InChI is InChI=1S/C39H50N8O13/c1-19(2)32(39(59)60)46-37(57)28(16-31(52)53)45-35(55)26(13-21-9-5-4-6-10-21)44-36(56)27(15-30(50)51)43-29(49)18-42-38(58)33(20(3)48)47-34(54)24(40)14-22-17-41-25-12-8-7-11-23(22)25/h4-12,17,19-20,24,26-28,32-33,41,48H,13-16,18,40H2,1-3H3,(H,42,58)(H,43,49)(H,44,56)(H,45,55)(H,46,57)(H,47,54)(H,50,51)(H,52,53)(H,59,60)/t20-,24+,26+,27+,28+,32+,33+/m1/s1. The third-order valence-electron chi connectivity index (χ3n) is 9.13. The Morgan fingerprint density at radius 1 is 0.633 bits per heavy atom. The molecule has 21 nitrogen and oxygen atoms in total. The number of carboxylic acid groups (broad SMARTS) is 3. The number of nitrogens with one attached hydrogen (secondary N) is 7. The molecule has 0 spiro atoms. The molecule has 0 saturated heterocycles. The van der Waals surface area contributed by atoms with Gasteiger partial charge in [0, 0.05) is 23.5 Å². The summed E-state index contributed by atoms with van der Waals surface area (Å²) in [7, 11) is 0. The molecule has 324 valence electrons. The zero-order chi connectivity index (χ0) is 44.7. The predicted octanol–water partition coefficient (Wildman–Crippen LogP) is -2.11. The lowest BCUT2D eigenvalue weighted by Gasteiger charge is -2.26. The van der Waals surface area contributed by atoms with Crippen molar-refractivity contribution in [2.75, 3.05) is 6.54 Å². The fourth-order valence-electron chi connectivity index (χ4n) is 5.96. The SMILES string of the molecule is CC(C)[C@H](NC(=O)[C@H](CC(=O)O)NC(=O)[C@H](Cc1ccccc1)NC(=O)[C@H](CC(=O)O)NC(=O)CNC(=O)[C@@H](NC(=O)[C@@H](N)Cc1c[nH]c2ccccc12)[C@@H](C)O)C(=O)O. The molecule has 0 bridgehead atoms. The van der Waals surface area contributed by atoms with Gasteiger partial charge in [-0.2, -0.15) is 0 Å². The van der Waals surface area contributed by atoms with Gasteiger partial charge in [-0.3, -0.25) is 38.4 Å². The number of aliphatic hydroxyl groups excluding tert-OH is 1. The molecule has 3 aromatic rings. The molecule has 0 radical (unpaired) electrons. The quantitative estimate of drug-likeness (QED) is 0.0487. The topological polar surface area (TPSA) is 349 Å². The minimum atomic E-state index is -1.85. The normalized spacial score (nSPS) is 14.6. The summed E-state index contributed by atoms with van der Waals surface area (Å²) in [5, 5.41) is 53.1. The number of hydrogen-bond acceptors (Lipinski definition) is 11. The zero-order valence-electron chi connectivity index (χ0n) is 33.0. The van der Waals surface area contributed by atoms with E-state index in [9.17, 15) is 63.6 Å². The molecule has 3 rings (SSSR count). The number of aliphatic hydroxyl groups is 1. The summed E-state index contributed by atoms with van der Waals surface area (Å²) in [5.41, 5.74) is 8.12. The van der Waals surface area contributed by atoms with Crippen molar-refractivity contribution in [2.24, 2.45) is 11.7 Å². The van der Waals surface area contributed by atoms with Crippen LogP contribution in [-0.4, -0.2) is 128 Å². The van der Waals surface area contributed by atoms with Gasteiger partial charge in [-0.05, 0) is 36.5 Å². The Kier molecular flexibility index (Phi) is 17.7. The second-order valence-electron chi connectivity index (χ2n) is 14.3. The Hall–Kier alpha value is -6.87. The van der Waals surface area contributed by atoms with E-state index in [-0.39, 0.29) is 12.8 Å². The largest absolute Gasteiger partial charge is 0.481 e. The Bertz CT molecular complexity index is 2040. The minimum absolute atomic E-state index is 0.0804. The molecule has 0 unspecified atom stereocenters. The molecule has 6 amide bonds. The molecule has 7 atom stereocenters.